The average molecular weight is 267 g/mol. The van der Waals surface area contributed by atoms with E-state index in [4.69, 9.17) is 4.74 Å². The van der Waals surface area contributed by atoms with Crippen molar-refractivity contribution in [1.29, 1.82) is 0 Å². The number of hydrogen-bond donors (Lipinski definition) is 1. The quantitative estimate of drug-likeness (QED) is 0.852. The van der Waals surface area contributed by atoms with E-state index in [0.717, 1.165) is 25.6 Å². The van der Waals surface area contributed by atoms with Gasteiger partial charge >= 0.3 is 0 Å². The summed E-state index contributed by atoms with van der Waals surface area (Å²) in [7, 11) is 0. The summed E-state index contributed by atoms with van der Waals surface area (Å²) < 4.78 is 5.90. The minimum Gasteiger partial charge on any atom is -0.396 e. The van der Waals surface area contributed by atoms with Crippen molar-refractivity contribution in [3.63, 3.8) is 0 Å². The number of aliphatic hydroxyl groups excluding tert-OH is 1. The van der Waals surface area contributed by atoms with Gasteiger partial charge in [-0.2, -0.15) is 0 Å². The maximum atomic E-state index is 9.94. The molecule has 2 aliphatic carbocycles. The van der Waals surface area contributed by atoms with Crippen LogP contribution in [0.15, 0.2) is 0 Å². The summed E-state index contributed by atoms with van der Waals surface area (Å²) in [6.45, 7) is 5.77. The highest BCUT2D eigenvalue weighted by Crippen LogP contribution is 2.41. The highest BCUT2D eigenvalue weighted by Gasteiger charge is 2.41. The van der Waals surface area contributed by atoms with Gasteiger partial charge in [0.25, 0.3) is 0 Å². The molecule has 3 heteroatoms. The number of aliphatic hydroxyl groups is 1. The monoisotopic (exact) mass is 267 g/mol. The Bertz CT molecular complexity index is 299. The van der Waals surface area contributed by atoms with Crippen molar-refractivity contribution in [3.05, 3.63) is 0 Å². The van der Waals surface area contributed by atoms with E-state index in [1.165, 1.54) is 44.9 Å². The molecule has 0 amide bonds. The van der Waals surface area contributed by atoms with Crippen LogP contribution in [0.25, 0.3) is 0 Å². The number of hydrogen-bond acceptors (Lipinski definition) is 3. The highest BCUT2D eigenvalue weighted by molar-refractivity contribution is 4.94. The second-order valence-corrected chi connectivity index (χ2v) is 7.22. The molecular weight excluding hydrogens is 238 g/mol. The van der Waals surface area contributed by atoms with Gasteiger partial charge in [0.05, 0.1) is 12.7 Å². The third-order valence-electron chi connectivity index (χ3n) is 5.81. The van der Waals surface area contributed by atoms with Gasteiger partial charge in [0.15, 0.2) is 0 Å². The summed E-state index contributed by atoms with van der Waals surface area (Å²) in [6, 6.07) is 0.636. The van der Waals surface area contributed by atoms with Crippen molar-refractivity contribution in [3.8, 4) is 0 Å². The van der Waals surface area contributed by atoms with Crippen LogP contribution in [0.5, 0.6) is 0 Å². The first-order valence-corrected chi connectivity index (χ1v) is 8.19. The molecular formula is C16H29NO2. The molecule has 110 valence electrons. The molecule has 0 bridgehead atoms. The molecule has 0 aromatic carbocycles. The van der Waals surface area contributed by atoms with Crippen molar-refractivity contribution < 1.29 is 9.84 Å². The molecule has 0 spiro atoms. The van der Waals surface area contributed by atoms with E-state index in [0.29, 0.717) is 18.8 Å². The van der Waals surface area contributed by atoms with E-state index in [1.807, 2.05) is 0 Å². The van der Waals surface area contributed by atoms with E-state index >= 15 is 0 Å². The molecule has 3 nitrogen and oxygen atoms in total. The summed E-state index contributed by atoms with van der Waals surface area (Å²) in [5.41, 5.74) is 0.178. The molecule has 0 radical (unpaired) electrons. The molecule has 1 N–H and O–H groups in total. The van der Waals surface area contributed by atoms with Crippen LogP contribution in [0.2, 0.25) is 0 Å². The summed E-state index contributed by atoms with van der Waals surface area (Å²) in [4.78, 5) is 2.65. The van der Waals surface area contributed by atoms with Crippen LogP contribution >= 0.6 is 0 Å². The summed E-state index contributed by atoms with van der Waals surface area (Å²) in [6.07, 6.45) is 9.32. The Hall–Kier alpha value is -0.120. The zero-order valence-corrected chi connectivity index (χ0v) is 12.3. The standard InChI is InChI=1S/C16H29NO2/c1-13-5-7-16(12-18,8-6-13)11-17-9-10-19-15-4-2-3-14(15)17/h13-15,18H,2-12H2,1H3. The van der Waals surface area contributed by atoms with Crippen molar-refractivity contribution in [2.75, 3.05) is 26.3 Å². The first kappa shape index (κ1) is 13.8. The molecule has 1 saturated heterocycles. The highest BCUT2D eigenvalue weighted by atomic mass is 16.5. The van der Waals surface area contributed by atoms with E-state index in [9.17, 15) is 5.11 Å². The van der Waals surface area contributed by atoms with E-state index < -0.39 is 0 Å². The molecule has 0 aromatic rings. The molecule has 1 aliphatic heterocycles. The fraction of sp³-hybridized carbons (Fsp3) is 1.00. The predicted octanol–water partition coefficient (Wildman–Crippen LogP) is 2.43. The van der Waals surface area contributed by atoms with Crippen molar-refractivity contribution in [1.82, 2.24) is 4.90 Å². The Balaban J connectivity index is 1.65. The number of nitrogens with zero attached hydrogens (tertiary/aromatic N) is 1. The lowest BCUT2D eigenvalue weighted by Gasteiger charge is -2.46. The fourth-order valence-corrected chi connectivity index (χ4v) is 4.37. The number of rotatable bonds is 3. The zero-order valence-electron chi connectivity index (χ0n) is 12.3. The Morgan fingerprint density at radius 1 is 1.21 bits per heavy atom. The van der Waals surface area contributed by atoms with Gasteiger partial charge in [0, 0.05) is 31.2 Å². The second-order valence-electron chi connectivity index (χ2n) is 7.22. The van der Waals surface area contributed by atoms with E-state index in [2.05, 4.69) is 11.8 Å². The number of fused-ring (bicyclic) bond motifs is 1. The van der Waals surface area contributed by atoms with Gasteiger partial charge in [0.2, 0.25) is 0 Å². The minimum absolute atomic E-state index is 0.178. The zero-order chi connectivity index (χ0) is 13.3. The molecule has 0 aromatic heterocycles. The van der Waals surface area contributed by atoms with Gasteiger partial charge in [-0.1, -0.05) is 19.8 Å². The molecule has 3 fully saturated rings. The largest absolute Gasteiger partial charge is 0.396 e. The molecule has 19 heavy (non-hydrogen) atoms. The van der Waals surface area contributed by atoms with Crippen LogP contribution in [0.3, 0.4) is 0 Å². The molecule has 2 saturated carbocycles. The number of morpholine rings is 1. The van der Waals surface area contributed by atoms with Gasteiger partial charge in [0.1, 0.15) is 0 Å². The van der Waals surface area contributed by atoms with Crippen molar-refractivity contribution in [2.24, 2.45) is 11.3 Å². The Labute approximate surface area is 117 Å². The van der Waals surface area contributed by atoms with Crippen LogP contribution < -0.4 is 0 Å². The molecule has 3 rings (SSSR count). The molecule has 1 heterocycles. The maximum absolute atomic E-state index is 9.94. The Morgan fingerprint density at radius 2 is 2.00 bits per heavy atom. The lowest BCUT2D eigenvalue weighted by Crippen LogP contribution is -2.53. The van der Waals surface area contributed by atoms with E-state index in [-0.39, 0.29) is 5.41 Å². The minimum atomic E-state index is 0.178. The Morgan fingerprint density at radius 3 is 2.74 bits per heavy atom. The summed E-state index contributed by atoms with van der Waals surface area (Å²) in [5.74, 6) is 0.851. The third kappa shape index (κ3) is 2.84. The molecule has 3 aliphatic rings. The van der Waals surface area contributed by atoms with E-state index in [1.54, 1.807) is 0 Å². The number of ether oxygens (including phenoxy) is 1. The van der Waals surface area contributed by atoms with Gasteiger partial charge in [-0.3, -0.25) is 4.90 Å². The summed E-state index contributed by atoms with van der Waals surface area (Å²) >= 11 is 0. The predicted molar refractivity (Wildman–Crippen MR) is 76.1 cm³/mol. The van der Waals surface area contributed by atoms with Crippen LogP contribution in [-0.2, 0) is 4.74 Å². The van der Waals surface area contributed by atoms with Crippen molar-refractivity contribution in [2.45, 2.75) is 64.0 Å². The fourth-order valence-electron chi connectivity index (χ4n) is 4.37. The summed E-state index contributed by atoms with van der Waals surface area (Å²) in [5, 5.41) is 9.94. The topological polar surface area (TPSA) is 32.7 Å². The third-order valence-corrected chi connectivity index (χ3v) is 5.81. The Kier molecular flexibility index (Phi) is 4.16. The van der Waals surface area contributed by atoms with Crippen molar-refractivity contribution >= 4 is 0 Å². The maximum Gasteiger partial charge on any atom is 0.0730 e. The van der Waals surface area contributed by atoms with Gasteiger partial charge < -0.3 is 9.84 Å². The average Bonchev–Trinajstić information content (AvgIpc) is 2.91. The molecule has 2 atom stereocenters. The first-order chi connectivity index (χ1) is 9.22. The lowest BCUT2D eigenvalue weighted by atomic mass is 9.71. The smallest absolute Gasteiger partial charge is 0.0730 e. The van der Waals surface area contributed by atoms with Gasteiger partial charge in [-0.15, -0.1) is 0 Å². The van der Waals surface area contributed by atoms with Crippen LogP contribution in [-0.4, -0.2) is 48.5 Å². The SMILES string of the molecule is CC1CCC(CO)(CN2CCOC3CCCC32)CC1. The van der Waals surface area contributed by atoms with Gasteiger partial charge in [-0.05, 0) is 38.0 Å². The van der Waals surface area contributed by atoms with Crippen LogP contribution in [0.4, 0.5) is 0 Å². The lowest BCUT2D eigenvalue weighted by molar-refractivity contribution is -0.0805. The van der Waals surface area contributed by atoms with Gasteiger partial charge in [-0.25, -0.2) is 0 Å². The normalized spacial score (nSPS) is 44.2. The molecule has 2 unspecified atom stereocenters. The van der Waals surface area contributed by atoms with Crippen LogP contribution in [0.1, 0.15) is 51.9 Å². The van der Waals surface area contributed by atoms with Crippen LogP contribution in [0, 0.1) is 11.3 Å². The second kappa shape index (κ2) is 5.71. The first-order valence-electron chi connectivity index (χ1n) is 8.19.